The van der Waals surface area contributed by atoms with Crippen LogP contribution in [0.4, 0.5) is 26.3 Å². The van der Waals surface area contributed by atoms with Crippen LogP contribution in [0.1, 0.15) is 241 Å². The van der Waals surface area contributed by atoms with Crippen molar-refractivity contribution in [3.8, 4) is 6.07 Å². The van der Waals surface area contributed by atoms with Crippen molar-refractivity contribution in [3.63, 3.8) is 0 Å². The fraction of sp³-hybridized carbons (Fsp3) is 0.623. The highest BCUT2D eigenvalue weighted by Gasteiger charge is 2.53. The molecule has 144 heavy (non-hydrogen) atoms. The third-order valence-electron chi connectivity index (χ3n) is 32.6. The second kappa shape index (κ2) is 51.2. The molecule has 0 bridgehead atoms. The zero-order chi connectivity index (χ0) is 108. The van der Waals surface area contributed by atoms with Crippen molar-refractivity contribution in [2.45, 2.75) is 276 Å². The number of hydrogen-bond acceptors (Lipinski definition) is 15. The van der Waals surface area contributed by atoms with Gasteiger partial charge in [0.2, 0.25) is 39.3 Å². The van der Waals surface area contributed by atoms with Gasteiger partial charge in [0.1, 0.15) is 0 Å². The van der Waals surface area contributed by atoms with Crippen LogP contribution in [0.2, 0.25) is 0 Å². The van der Waals surface area contributed by atoms with Gasteiger partial charge in [-0.15, -0.1) is 0 Å². The maximum atomic E-state index is 12.5. The fourth-order valence-corrected chi connectivity index (χ4v) is 24.6. The van der Waals surface area contributed by atoms with Gasteiger partial charge in [-0.1, -0.05) is 203 Å². The summed E-state index contributed by atoms with van der Waals surface area (Å²) in [6.07, 6.45) is 15.9. The van der Waals surface area contributed by atoms with Crippen LogP contribution in [-0.2, 0) is 68.8 Å². The van der Waals surface area contributed by atoms with E-state index in [1.165, 1.54) is 42.5 Å². The lowest BCUT2D eigenvalue weighted by atomic mass is 9.61. The number of benzene rings is 6. The first kappa shape index (κ1) is 123. The maximum Gasteiger partial charge on any atom is 0.446 e. The van der Waals surface area contributed by atoms with Gasteiger partial charge in [-0.05, 0) is 312 Å². The molecule has 6 heterocycles. The first-order valence-corrected chi connectivity index (χ1v) is 57.4. The van der Waals surface area contributed by atoms with Crippen LogP contribution in [0.3, 0.4) is 0 Å². The first-order valence-electron chi connectivity index (χ1n) is 50.1. The number of nitriles is 1. The third kappa shape index (κ3) is 35.7. The summed E-state index contributed by atoms with van der Waals surface area (Å²) in [4.78, 5) is 38.0. The predicted molar refractivity (Wildman–Crippen MR) is 574 cm³/mol. The zero-order valence-corrected chi connectivity index (χ0v) is 93.5. The van der Waals surface area contributed by atoms with E-state index in [9.17, 15) is 51.6 Å². The van der Waals surface area contributed by atoms with E-state index in [-0.39, 0.29) is 98.3 Å². The number of likely N-dealkylation sites (tertiary alicyclic amines) is 6. The van der Waals surface area contributed by atoms with E-state index in [1.807, 2.05) is 66.7 Å². The highest BCUT2D eigenvalue weighted by atomic mass is 32.2. The van der Waals surface area contributed by atoms with E-state index in [1.54, 1.807) is 60.7 Å². The topological polar surface area (TPSA) is 172 Å². The van der Waals surface area contributed by atoms with Crippen LogP contribution in [0.15, 0.2) is 170 Å². The van der Waals surface area contributed by atoms with Gasteiger partial charge in [-0.3, -0.25) is 29.4 Å². The summed E-state index contributed by atoms with van der Waals surface area (Å²) in [7, 11) is -9.50. The quantitative estimate of drug-likeness (QED) is 0.0337. The number of thioether (sulfide) groups is 2. The Kier molecular flexibility index (Phi) is 43.6. The number of piperidine rings is 6. The Hall–Kier alpha value is -8.36. The number of halogens is 6. The molecule has 0 aromatic heterocycles. The normalized spacial score (nSPS) is 18.8. The maximum absolute atomic E-state index is 12.5. The molecule has 6 aliphatic rings. The number of rotatable bonds is 23. The third-order valence-corrected chi connectivity index (χ3v) is 37.5. The van der Waals surface area contributed by atoms with Crippen molar-refractivity contribution in [2.24, 2.45) is 65.0 Å². The van der Waals surface area contributed by atoms with E-state index in [0.717, 1.165) is 210 Å². The average Bonchev–Trinajstić information content (AvgIpc) is 0.751. The molecular weight excluding hydrogens is 1920 g/mol. The molecule has 6 aromatic rings. The Morgan fingerprint density at radius 3 is 0.812 bits per heavy atom. The average molecular weight is 2080 g/mol. The minimum Gasteiger partial charge on any atom is -0.316 e. The smallest absolute Gasteiger partial charge is 0.316 e. The van der Waals surface area contributed by atoms with Crippen molar-refractivity contribution in [1.82, 2.24) is 29.4 Å². The van der Waals surface area contributed by atoms with Gasteiger partial charge in [-0.2, -0.15) is 31.6 Å². The van der Waals surface area contributed by atoms with Crippen LogP contribution in [0.25, 0.3) is 29.1 Å². The van der Waals surface area contributed by atoms with Gasteiger partial charge < -0.3 is 29.1 Å². The summed E-state index contributed by atoms with van der Waals surface area (Å²) in [5.74, 6) is 0. The molecule has 6 aromatic carbocycles. The molecule has 0 N–H and O–H groups in total. The van der Waals surface area contributed by atoms with Crippen molar-refractivity contribution in [3.05, 3.63) is 253 Å². The van der Waals surface area contributed by atoms with E-state index in [0.29, 0.717) is 72.6 Å². The van der Waals surface area contributed by atoms with Gasteiger partial charge >= 0.3 is 11.0 Å². The van der Waals surface area contributed by atoms with Gasteiger partial charge in [0.05, 0.1) is 26.3 Å². The molecule has 0 spiro atoms. The van der Waals surface area contributed by atoms with Crippen molar-refractivity contribution >= 4 is 53.0 Å². The molecule has 0 atom stereocenters. The van der Waals surface area contributed by atoms with Gasteiger partial charge in [0, 0.05) is 100 Å². The molecule has 6 aliphatic heterocycles. The van der Waals surface area contributed by atoms with Crippen molar-refractivity contribution in [2.75, 3.05) is 137 Å². The predicted octanol–water partition coefficient (Wildman–Crippen LogP) is 26.7. The monoisotopic (exact) mass is 2080 g/mol. The van der Waals surface area contributed by atoms with Crippen LogP contribution in [0.5, 0.6) is 0 Å². The molecule has 0 amide bonds. The molecule has 0 unspecified atom stereocenters. The Morgan fingerprint density at radius 2 is 0.549 bits per heavy atom. The summed E-state index contributed by atoms with van der Waals surface area (Å²) in [6.45, 7) is 104. The van der Waals surface area contributed by atoms with E-state index in [4.69, 9.17) is 44.7 Å². The van der Waals surface area contributed by atoms with Crippen LogP contribution < -0.4 is 0 Å². The highest BCUT2D eigenvalue weighted by molar-refractivity contribution is 8.00. The molecule has 0 radical (unpaired) electrons. The van der Waals surface area contributed by atoms with Gasteiger partial charge in [-0.25, -0.2) is 64.7 Å². The molecule has 6 saturated heterocycles. The highest BCUT2D eigenvalue weighted by Crippen LogP contribution is 2.54. The Balaban J connectivity index is 0.000000234. The van der Waals surface area contributed by atoms with Crippen molar-refractivity contribution < 1.29 is 51.6 Å². The number of sulfone groups is 3. The SMILES string of the molecule is [C-]#[N+]CC1(C(C)(C)C)CCN(Cc2ccc(C#N)cc2)CC1.[C-]#[N+]CC1(C(C)(C)C)CCN(Cc2ccc(S(C)(=O)=O)cc2)CC1.[C-]#[N+]CC1(C(C)(C)C)CCN(Cc2ccc(SC(F)(F)F)cc2)CC1.[C-]#[N+]CC1(C(C)(C)C)CCN(Cc2cccc(S(C)(=O)=O)c2)CC1.[C-]#[N+]CC1(C(C)(C)C)CCN(Cc2cccc(SC(F)(F)F)c2)CC1.[C-]#[N+]CC1(C(C)(C)C)CCN(Cc2ccccc2S(C)(=O)=O)CC1. The zero-order valence-electron chi connectivity index (χ0n) is 89.4. The molecule has 12 rings (SSSR count). The first-order chi connectivity index (χ1) is 66.7. The molecular formula is C114H159F6N13O6S5. The molecule has 0 saturated carbocycles. The number of alkyl halides is 6. The second-order valence-electron chi connectivity index (χ2n) is 47.1. The summed E-state index contributed by atoms with van der Waals surface area (Å²) in [5.41, 5.74) is -0.360. The van der Waals surface area contributed by atoms with Gasteiger partial charge in [0.25, 0.3) is 0 Å². The van der Waals surface area contributed by atoms with Crippen LogP contribution in [-0.4, -0.2) is 202 Å². The lowest BCUT2D eigenvalue weighted by Gasteiger charge is -2.46. The van der Waals surface area contributed by atoms with E-state index in [2.05, 4.69) is 189 Å². The molecule has 788 valence electrons. The minimum atomic E-state index is -4.25. The molecule has 0 aliphatic carbocycles. The number of nitrogens with zero attached hydrogens (tertiary/aromatic N) is 13. The Bertz CT molecular complexity index is 5800. The minimum absolute atomic E-state index is 0.0270. The molecule has 19 nitrogen and oxygen atoms in total. The van der Waals surface area contributed by atoms with Crippen LogP contribution in [0, 0.1) is 116 Å². The van der Waals surface area contributed by atoms with Crippen molar-refractivity contribution in [1.29, 1.82) is 5.26 Å². The number of hydrogen-bond donors (Lipinski definition) is 0. The lowest BCUT2D eigenvalue weighted by Crippen LogP contribution is -2.48. The van der Waals surface area contributed by atoms with E-state index < -0.39 is 40.5 Å². The Morgan fingerprint density at radius 1 is 0.299 bits per heavy atom. The van der Waals surface area contributed by atoms with Crippen LogP contribution >= 0.6 is 23.5 Å². The largest absolute Gasteiger partial charge is 0.446 e. The molecule has 30 heteroatoms. The Labute approximate surface area is 870 Å². The van der Waals surface area contributed by atoms with Gasteiger partial charge in [0.15, 0.2) is 29.5 Å². The summed E-state index contributed by atoms with van der Waals surface area (Å²) in [6, 6.07) is 45.0. The standard InChI is InChI=1S/2C19H25F3N2S.C19H25N3.3C19H28N2O2S/c1-17(2,3)18(14-23-4)9-11-24(12-10-18)13-15-5-7-16(8-6-15)25-19(20,21)22;1-17(2,3)18(14-23-4)8-10-24(11-9-18)13-15-6-5-7-16(12-15)25-19(20,21)22;1-18(2,3)19(15-21-4)9-11-22(12-10-19)14-17-7-5-16(13-20)6-8-17;1-18(2,3)19(15-20-4)10-12-21(13-11-19)14-16-6-8-17(9-7-16)24(5,22)23;1-18(2,3)19(15-20-4)9-11-21(12-10-19)14-16-7-6-8-17(13-16)24(5,22)23;1-18(2,3)19(15-20-4)10-12-21(13-11-19)14-16-8-6-7-9-17(16)24(5,22)23/h5-8H,9-14H2,1-3H3;5-7,12H,8-11,13-14H2,1-3H3;5-8H,9-12,14-15H2,1-3H3;6-9H,10-15H2,1-3,5H3;6-8,13H,9-12,14-15H2,1-3,5H3;6-9H,10-15H2,1-3,5H3. The summed E-state index contributed by atoms with van der Waals surface area (Å²) >= 11 is -0.143. The summed E-state index contributed by atoms with van der Waals surface area (Å²) < 4.78 is 145. The molecule has 6 fully saturated rings. The lowest BCUT2D eigenvalue weighted by molar-refractivity contribution is -0.0337. The summed E-state index contributed by atoms with van der Waals surface area (Å²) in [5, 5.41) is 8.85. The van der Waals surface area contributed by atoms with E-state index >= 15 is 0 Å². The second-order valence-corrected chi connectivity index (χ2v) is 55.4. The fourth-order valence-electron chi connectivity index (χ4n) is 21.2.